The van der Waals surface area contributed by atoms with Crippen LogP contribution in [0.1, 0.15) is 105 Å². The molecule has 0 radical (unpaired) electrons. The third-order valence-corrected chi connectivity index (χ3v) is 10.6. The van der Waals surface area contributed by atoms with E-state index in [0.29, 0.717) is 23.2 Å². The molecule has 4 rings (SSSR count). The van der Waals surface area contributed by atoms with Gasteiger partial charge in [0, 0.05) is 6.42 Å². The lowest BCUT2D eigenvalue weighted by atomic mass is 9.44. The van der Waals surface area contributed by atoms with Gasteiger partial charge in [0.2, 0.25) is 0 Å². The maximum atomic E-state index is 12.1. The summed E-state index contributed by atoms with van der Waals surface area (Å²) in [6, 6.07) is 0. The van der Waals surface area contributed by atoms with Gasteiger partial charge in [0.1, 0.15) is 0 Å². The van der Waals surface area contributed by atoms with Gasteiger partial charge in [0.05, 0.1) is 0 Å². The van der Waals surface area contributed by atoms with Crippen molar-refractivity contribution in [1.29, 1.82) is 0 Å². The number of hydrogen-bond donors (Lipinski definition) is 0. The van der Waals surface area contributed by atoms with Crippen molar-refractivity contribution in [3.05, 3.63) is 12.2 Å². The van der Waals surface area contributed by atoms with Crippen LogP contribution < -0.4 is 0 Å². The predicted octanol–water partition coefficient (Wildman–Crippen LogP) is 7.60. The molecule has 1 nitrogen and oxygen atoms in total. The molecule has 0 aromatic carbocycles. The summed E-state index contributed by atoms with van der Waals surface area (Å²) in [7, 11) is 0. The number of rotatable bonds is 5. The van der Waals surface area contributed by atoms with E-state index in [0.717, 1.165) is 41.6 Å². The number of carbonyl (C=O) groups is 1. The first-order valence-electron chi connectivity index (χ1n) is 12.5. The van der Waals surface area contributed by atoms with Gasteiger partial charge in [-0.15, -0.1) is 0 Å². The van der Waals surface area contributed by atoms with E-state index < -0.39 is 0 Å². The van der Waals surface area contributed by atoms with Gasteiger partial charge in [-0.25, -0.2) is 0 Å². The molecule has 0 aromatic rings. The fourth-order valence-corrected chi connectivity index (χ4v) is 9.04. The summed E-state index contributed by atoms with van der Waals surface area (Å²) in [4.78, 5) is 12.1. The van der Waals surface area contributed by atoms with Crippen molar-refractivity contribution in [2.45, 2.75) is 105 Å². The van der Waals surface area contributed by atoms with Crippen LogP contribution in [0.25, 0.3) is 0 Å². The Morgan fingerprint density at radius 1 is 0.964 bits per heavy atom. The summed E-state index contributed by atoms with van der Waals surface area (Å²) in [6.07, 6.45) is 16.6. The van der Waals surface area contributed by atoms with Crippen LogP contribution in [-0.2, 0) is 4.79 Å². The van der Waals surface area contributed by atoms with Gasteiger partial charge < -0.3 is 0 Å². The van der Waals surface area contributed by atoms with Gasteiger partial charge in [-0.1, -0.05) is 40.2 Å². The Morgan fingerprint density at radius 2 is 1.71 bits per heavy atom. The SMILES string of the molecule is C=C(C)C(=O)CC[C@@H](C)[C@H]1CC[C@H]2[C@@H]3CC[C@H]4CCCC[C@]4(C)[C@H]3CC[C@]12C. The van der Waals surface area contributed by atoms with Crippen LogP contribution in [0.15, 0.2) is 12.2 Å². The van der Waals surface area contributed by atoms with Crippen LogP contribution in [0.5, 0.6) is 0 Å². The molecule has 0 aromatic heterocycles. The molecule has 0 amide bonds. The Labute approximate surface area is 174 Å². The first kappa shape index (κ1) is 20.7. The van der Waals surface area contributed by atoms with E-state index in [-0.39, 0.29) is 5.78 Å². The van der Waals surface area contributed by atoms with Gasteiger partial charge in [-0.2, -0.15) is 0 Å². The van der Waals surface area contributed by atoms with E-state index in [2.05, 4.69) is 27.4 Å². The molecule has 4 saturated carbocycles. The predicted molar refractivity (Wildman–Crippen MR) is 118 cm³/mol. The van der Waals surface area contributed by atoms with Gasteiger partial charge in [-0.3, -0.25) is 4.79 Å². The lowest BCUT2D eigenvalue weighted by Gasteiger charge is -2.61. The van der Waals surface area contributed by atoms with E-state index in [1.165, 1.54) is 64.2 Å². The number of allylic oxidation sites excluding steroid dienone is 1. The van der Waals surface area contributed by atoms with E-state index >= 15 is 0 Å². The van der Waals surface area contributed by atoms with Crippen LogP contribution in [0.2, 0.25) is 0 Å². The highest BCUT2D eigenvalue weighted by Crippen LogP contribution is 2.68. The second-order valence-corrected chi connectivity index (χ2v) is 11.9. The fourth-order valence-electron chi connectivity index (χ4n) is 9.04. The van der Waals surface area contributed by atoms with Crippen LogP contribution in [-0.4, -0.2) is 5.78 Å². The Kier molecular flexibility index (Phi) is 5.60. The topological polar surface area (TPSA) is 17.1 Å². The summed E-state index contributed by atoms with van der Waals surface area (Å²) in [6.45, 7) is 13.5. The molecule has 0 unspecified atom stereocenters. The number of carbonyl (C=O) groups excluding carboxylic acids is 1. The zero-order valence-corrected chi connectivity index (χ0v) is 19.1. The van der Waals surface area contributed by atoms with Gasteiger partial charge in [-0.05, 0) is 117 Å². The first-order chi connectivity index (χ1) is 13.3. The van der Waals surface area contributed by atoms with Crippen molar-refractivity contribution in [2.75, 3.05) is 0 Å². The highest BCUT2D eigenvalue weighted by atomic mass is 16.1. The molecule has 0 saturated heterocycles. The molecule has 158 valence electrons. The quantitative estimate of drug-likeness (QED) is 0.446. The molecule has 0 aliphatic heterocycles. The Hall–Kier alpha value is -0.590. The largest absolute Gasteiger partial charge is 0.295 e. The average Bonchev–Trinajstić information content (AvgIpc) is 3.02. The van der Waals surface area contributed by atoms with Crippen molar-refractivity contribution >= 4 is 5.78 Å². The van der Waals surface area contributed by atoms with Crippen molar-refractivity contribution in [3.8, 4) is 0 Å². The minimum atomic E-state index is 0.277. The molecule has 1 heteroatoms. The summed E-state index contributed by atoms with van der Waals surface area (Å²) < 4.78 is 0. The summed E-state index contributed by atoms with van der Waals surface area (Å²) >= 11 is 0. The Morgan fingerprint density at radius 3 is 2.46 bits per heavy atom. The molecule has 4 aliphatic carbocycles. The van der Waals surface area contributed by atoms with Crippen LogP contribution in [0, 0.1) is 46.3 Å². The third kappa shape index (κ3) is 3.24. The second kappa shape index (κ2) is 7.59. The lowest BCUT2D eigenvalue weighted by Crippen LogP contribution is -2.53. The minimum Gasteiger partial charge on any atom is -0.295 e. The van der Waals surface area contributed by atoms with Crippen molar-refractivity contribution in [1.82, 2.24) is 0 Å². The molecule has 4 fully saturated rings. The first-order valence-corrected chi connectivity index (χ1v) is 12.5. The maximum Gasteiger partial charge on any atom is 0.157 e. The standard InChI is InChI=1S/C27H44O/c1-18(2)25(28)14-9-19(3)22-12-13-23-21-11-10-20-8-6-7-16-26(20,4)24(21)15-17-27(22,23)5/h19-24H,1,6-17H2,2-5H3/t19-,20-,21+,22-,23+,24+,26+,27-/m1/s1. The molecular weight excluding hydrogens is 340 g/mol. The molecule has 0 bridgehead atoms. The molecule has 8 atom stereocenters. The van der Waals surface area contributed by atoms with Crippen molar-refractivity contribution < 1.29 is 4.79 Å². The number of Topliss-reactive ketones (excluding diaryl/α,β-unsaturated/α-hetero) is 1. The molecule has 0 heterocycles. The smallest absolute Gasteiger partial charge is 0.157 e. The summed E-state index contributed by atoms with van der Waals surface area (Å²) in [5.41, 5.74) is 1.92. The lowest BCUT2D eigenvalue weighted by molar-refractivity contribution is -0.118. The molecule has 28 heavy (non-hydrogen) atoms. The van der Waals surface area contributed by atoms with E-state index in [4.69, 9.17) is 0 Å². The third-order valence-electron chi connectivity index (χ3n) is 10.6. The van der Waals surface area contributed by atoms with Crippen molar-refractivity contribution in [2.24, 2.45) is 46.3 Å². The molecule has 4 aliphatic rings. The Balaban J connectivity index is 1.47. The number of hydrogen-bond acceptors (Lipinski definition) is 1. The number of ketones is 1. The zero-order valence-electron chi connectivity index (χ0n) is 19.1. The van der Waals surface area contributed by atoms with Gasteiger partial charge in [0.15, 0.2) is 5.78 Å². The highest BCUT2D eigenvalue weighted by molar-refractivity contribution is 5.94. The van der Waals surface area contributed by atoms with E-state index in [9.17, 15) is 4.79 Å². The second-order valence-electron chi connectivity index (χ2n) is 11.9. The van der Waals surface area contributed by atoms with E-state index in [1.54, 1.807) is 0 Å². The molecular formula is C27H44O. The summed E-state index contributed by atoms with van der Waals surface area (Å²) in [5.74, 6) is 5.76. The zero-order chi connectivity index (χ0) is 20.1. The van der Waals surface area contributed by atoms with Crippen LogP contribution >= 0.6 is 0 Å². The maximum absolute atomic E-state index is 12.1. The van der Waals surface area contributed by atoms with Gasteiger partial charge in [0.25, 0.3) is 0 Å². The van der Waals surface area contributed by atoms with Crippen LogP contribution in [0.3, 0.4) is 0 Å². The summed E-state index contributed by atoms with van der Waals surface area (Å²) in [5, 5.41) is 0. The number of fused-ring (bicyclic) bond motifs is 5. The average molecular weight is 385 g/mol. The molecule has 0 spiro atoms. The van der Waals surface area contributed by atoms with Crippen LogP contribution in [0.4, 0.5) is 0 Å². The Bertz CT molecular complexity index is 620. The monoisotopic (exact) mass is 384 g/mol. The van der Waals surface area contributed by atoms with Crippen molar-refractivity contribution in [3.63, 3.8) is 0 Å². The van der Waals surface area contributed by atoms with Gasteiger partial charge >= 0.3 is 0 Å². The highest BCUT2D eigenvalue weighted by Gasteiger charge is 2.60. The minimum absolute atomic E-state index is 0.277. The fraction of sp³-hybridized carbons (Fsp3) is 0.889. The normalized spacial score (nSPS) is 46.2. The molecule has 0 N–H and O–H groups in total. The van der Waals surface area contributed by atoms with E-state index in [1.807, 2.05) is 6.92 Å².